The summed E-state index contributed by atoms with van der Waals surface area (Å²) >= 11 is 0. The van der Waals surface area contributed by atoms with Gasteiger partial charge in [-0.1, -0.05) is 19.3 Å². The van der Waals surface area contributed by atoms with Crippen molar-refractivity contribution < 1.29 is 9.47 Å². The maximum absolute atomic E-state index is 11.2. The van der Waals surface area contributed by atoms with E-state index in [0.29, 0.717) is 25.1 Å². The minimum absolute atomic E-state index is 0.141. The van der Waals surface area contributed by atoms with E-state index >= 15 is 0 Å². The first kappa shape index (κ1) is 15.2. The Labute approximate surface area is 140 Å². The van der Waals surface area contributed by atoms with Gasteiger partial charge in [0.25, 0.3) is 11.6 Å². The Hall–Kier alpha value is -2.37. The molecule has 2 aromatic rings. The van der Waals surface area contributed by atoms with Crippen LogP contribution in [0.15, 0.2) is 35.4 Å². The molecule has 1 atom stereocenters. The van der Waals surface area contributed by atoms with Crippen LogP contribution in [0, 0.1) is 0 Å². The molecule has 3 heterocycles. The van der Waals surface area contributed by atoms with Crippen molar-refractivity contribution in [2.45, 2.75) is 50.7 Å². The number of hydrogen-bond acceptors (Lipinski definition) is 5. The lowest BCUT2D eigenvalue weighted by Crippen LogP contribution is -2.23. The van der Waals surface area contributed by atoms with Crippen LogP contribution in [-0.4, -0.2) is 27.2 Å². The molecule has 1 fully saturated rings. The third-order valence-electron chi connectivity index (χ3n) is 4.74. The van der Waals surface area contributed by atoms with E-state index in [9.17, 15) is 4.79 Å². The maximum atomic E-state index is 11.2. The summed E-state index contributed by atoms with van der Waals surface area (Å²) in [4.78, 5) is 19.6. The molecule has 6 heteroatoms. The van der Waals surface area contributed by atoms with Crippen molar-refractivity contribution >= 4 is 0 Å². The van der Waals surface area contributed by atoms with Gasteiger partial charge in [0.15, 0.2) is 6.10 Å². The molecule has 4 rings (SSSR count). The Morgan fingerprint density at radius 2 is 2.08 bits per heavy atom. The van der Waals surface area contributed by atoms with Gasteiger partial charge in [0, 0.05) is 23.9 Å². The quantitative estimate of drug-likeness (QED) is 0.863. The van der Waals surface area contributed by atoms with Crippen LogP contribution in [0.25, 0.3) is 0 Å². The van der Waals surface area contributed by atoms with Gasteiger partial charge in [0.05, 0.1) is 12.7 Å². The highest BCUT2D eigenvalue weighted by Crippen LogP contribution is 2.31. The van der Waals surface area contributed by atoms with Crippen LogP contribution >= 0.6 is 0 Å². The molecule has 2 aliphatic rings. The van der Waals surface area contributed by atoms with Gasteiger partial charge >= 0.3 is 0 Å². The lowest BCUT2D eigenvalue weighted by atomic mass is 9.87. The van der Waals surface area contributed by atoms with Crippen LogP contribution in [0.2, 0.25) is 0 Å². The van der Waals surface area contributed by atoms with Crippen LogP contribution < -0.4 is 15.0 Å². The highest BCUT2D eigenvalue weighted by molar-refractivity contribution is 5.22. The Balaban J connectivity index is 1.33. The zero-order valence-corrected chi connectivity index (χ0v) is 13.6. The molecule has 0 amide bonds. The molecule has 0 radical (unpaired) electrons. The lowest BCUT2D eigenvalue weighted by Gasteiger charge is -2.21. The van der Waals surface area contributed by atoms with Crippen molar-refractivity contribution in [2.24, 2.45) is 0 Å². The SMILES string of the molecule is O=c1ccn2c(n1)O[C@H](COc1ccc(C3CCCCC3)nc1)C2. The second-order valence-corrected chi connectivity index (χ2v) is 6.51. The molecule has 0 bridgehead atoms. The number of pyridine rings is 1. The third kappa shape index (κ3) is 3.27. The summed E-state index contributed by atoms with van der Waals surface area (Å²) in [5, 5.41) is 0. The smallest absolute Gasteiger partial charge is 0.300 e. The molecular weight excluding hydrogens is 306 g/mol. The number of ether oxygens (including phenoxy) is 2. The Bertz CT molecular complexity index is 751. The summed E-state index contributed by atoms with van der Waals surface area (Å²) in [5.74, 6) is 1.35. The Morgan fingerprint density at radius 3 is 2.88 bits per heavy atom. The van der Waals surface area contributed by atoms with E-state index in [0.717, 1.165) is 5.75 Å². The third-order valence-corrected chi connectivity index (χ3v) is 4.74. The van der Waals surface area contributed by atoms with E-state index < -0.39 is 0 Å². The van der Waals surface area contributed by atoms with E-state index in [2.05, 4.69) is 16.0 Å². The van der Waals surface area contributed by atoms with E-state index in [1.807, 2.05) is 10.6 Å². The summed E-state index contributed by atoms with van der Waals surface area (Å²) in [7, 11) is 0. The van der Waals surface area contributed by atoms with Gasteiger partial charge in [-0.25, -0.2) is 0 Å². The van der Waals surface area contributed by atoms with Crippen molar-refractivity contribution in [3.05, 3.63) is 46.6 Å². The van der Waals surface area contributed by atoms with Gasteiger partial charge in [0.2, 0.25) is 0 Å². The number of aromatic nitrogens is 3. The van der Waals surface area contributed by atoms with Crippen molar-refractivity contribution in [2.75, 3.05) is 6.61 Å². The molecule has 2 aromatic heterocycles. The first-order valence-electron chi connectivity index (χ1n) is 8.61. The van der Waals surface area contributed by atoms with Crippen LogP contribution in [0.5, 0.6) is 11.8 Å². The second-order valence-electron chi connectivity index (χ2n) is 6.51. The first-order valence-corrected chi connectivity index (χ1v) is 8.61. The molecule has 126 valence electrons. The van der Waals surface area contributed by atoms with Crippen molar-refractivity contribution in [1.82, 2.24) is 14.5 Å². The standard InChI is InChI=1S/C18H21N3O3/c22-17-8-9-21-11-15(24-18(21)20-17)12-23-14-6-7-16(19-10-14)13-4-2-1-3-5-13/h6-10,13,15H,1-5,11-12H2/t15-/m0/s1. The van der Waals surface area contributed by atoms with E-state index in [4.69, 9.17) is 9.47 Å². The van der Waals surface area contributed by atoms with Crippen molar-refractivity contribution in [3.8, 4) is 11.8 Å². The highest BCUT2D eigenvalue weighted by Gasteiger charge is 2.24. The summed E-state index contributed by atoms with van der Waals surface area (Å²) in [6, 6.07) is 5.86. The molecule has 0 N–H and O–H groups in total. The van der Waals surface area contributed by atoms with Gasteiger partial charge in [-0.3, -0.25) is 14.3 Å². The second kappa shape index (κ2) is 6.63. The maximum Gasteiger partial charge on any atom is 0.300 e. The molecule has 0 unspecified atom stereocenters. The van der Waals surface area contributed by atoms with Gasteiger partial charge in [-0.2, -0.15) is 4.98 Å². The Morgan fingerprint density at radius 1 is 1.21 bits per heavy atom. The summed E-state index contributed by atoms with van der Waals surface area (Å²) in [6.07, 6.45) is 9.81. The van der Waals surface area contributed by atoms with E-state index in [-0.39, 0.29) is 11.7 Å². The number of hydrogen-bond donors (Lipinski definition) is 0. The van der Waals surface area contributed by atoms with Gasteiger partial charge in [0.1, 0.15) is 12.4 Å². The molecule has 1 aliphatic carbocycles. The number of rotatable bonds is 4. The average Bonchev–Trinajstić information content (AvgIpc) is 3.03. The predicted molar refractivity (Wildman–Crippen MR) is 88.5 cm³/mol. The average molecular weight is 327 g/mol. The lowest BCUT2D eigenvalue weighted by molar-refractivity contribution is 0.143. The first-order chi connectivity index (χ1) is 11.8. The highest BCUT2D eigenvalue weighted by atomic mass is 16.6. The fraction of sp³-hybridized carbons (Fsp3) is 0.500. The molecule has 1 saturated carbocycles. The summed E-state index contributed by atoms with van der Waals surface area (Å²) in [6.45, 7) is 1.04. The predicted octanol–water partition coefficient (Wildman–Crippen LogP) is 2.53. The zero-order valence-electron chi connectivity index (χ0n) is 13.6. The van der Waals surface area contributed by atoms with Crippen molar-refractivity contribution in [3.63, 3.8) is 0 Å². The Kier molecular flexibility index (Phi) is 4.19. The molecule has 0 aromatic carbocycles. The summed E-state index contributed by atoms with van der Waals surface area (Å²) in [5.41, 5.74) is 0.889. The minimum atomic E-state index is -0.287. The number of nitrogens with zero attached hydrogens (tertiary/aromatic N) is 3. The fourth-order valence-electron chi connectivity index (χ4n) is 3.44. The zero-order chi connectivity index (χ0) is 16.4. The number of fused-ring (bicyclic) bond motifs is 1. The van der Waals surface area contributed by atoms with Crippen LogP contribution in [0.4, 0.5) is 0 Å². The van der Waals surface area contributed by atoms with Crippen molar-refractivity contribution in [1.29, 1.82) is 0 Å². The van der Waals surface area contributed by atoms with E-state index in [1.54, 1.807) is 12.4 Å². The molecule has 24 heavy (non-hydrogen) atoms. The van der Waals surface area contributed by atoms with E-state index in [1.165, 1.54) is 43.9 Å². The van der Waals surface area contributed by atoms with Crippen LogP contribution in [0.1, 0.15) is 43.7 Å². The minimum Gasteiger partial charge on any atom is -0.488 e. The molecule has 1 aliphatic heterocycles. The molecular formula is C18H21N3O3. The summed E-state index contributed by atoms with van der Waals surface area (Å²) < 4.78 is 13.2. The van der Waals surface area contributed by atoms with Gasteiger partial charge < -0.3 is 9.47 Å². The monoisotopic (exact) mass is 327 g/mol. The topological polar surface area (TPSA) is 66.2 Å². The largest absolute Gasteiger partial charge is 0.488 e. The fourth-order valence-corrected chi connectivity index (χ4v) is 3.44. The molecule has 6 nitrogen and oxygen atoms in total. The molecule has 0 spiro atoms. The van der Waals surface area contributed by atoms with Crippen LogP contribution in [-0.2, 0) is 6.54 Å². The van der Waals surface area contributed by atoms with Crippen LogP contribution in [0.3, 0.4) is 0 Å². The normalized spacial score (nSPS) is 20.4. The molecule has 0 saturated heterocycles. The van der Waals surface area contributed by atoms with Gasteiger partial charge in [-0.15, -0.1) is 0 Å². The van der Waals surface area contributed by atoms with Gasteiger partial charge in [-0.05, 0) is 25.0 Å².